The summed E-state index contributed by atoms with van der Waals surface area (Å²) >= 11 is 0. The van der Waals surface area contributed by atoms with Crippen LogP contribution in [0, 0.1) is 0 Å². The van der Waals surface area contributed by atoms with Crippen molar-refractivity contribution in [3.63, 3.8) is 0 Å². The van der Waals surface area contributed by atoms with E-state index in [1.807, 2.05) is 0 Å². The van der Waals surface area contributed by atoms with Crippen LogP contribution in [0.3, 0.4) is 0 Å². The Balaban J connectivity index is 1.62. The van der Waals surface area contributed by atoms with E-state index in [4.69, 9.17) is 0 Å². The maximum atomic E-state index is 12.2. The summed E-state index contributed by atoms with van der Waals surface area (Å²) in [5.74, 6) is 0.597. The van der Waals surface area contributed by atoms with Crippen LogP contribution in [0.15, 0.2) is 17.2 Å². The molecule has 2 aliphatic rings. The minimum Gasteiger partial charge on any atom is -0.350 e. The Hall–Kier alpha value is -1.40. The molecule has 0 radical (unpaired) electrons. The Morgan fingerprint density at radius 2 is 1.91 bits per heavy atom. The van der Waals surface area contributed by atoms with Crippen LogP contribution in [0.4, 0.5) is 5.82 Å². The first-order chi connectivity index (χ1) is 10.6. The SMILES string of the molecule is CN1CCC(N[C@@H]2CCCN(c3nccn(C)c3=O)C2)CC1. The Kier molecular flexibility index (Phi) is 4.78. The lowest BCUT2D eigenvalue weighted by Crippen LogP contribution is -2.52. The van der Waals surface area contributed by atoms with Gasteiger partial charge >= 0.3 is 0 Å². The fraction of sp³-hybridized carbons (Fsp3) is 0.750. The van der Waals surface area contributed by atoms with Crippen LogP contribution in [-0.4, -0.2) is 59.8 Å². The van der Waals surface area contributed by atoms with E-state index in [0.29, 0.717) is 17.9 Å². The van der Waals surface area contributed by atoms with Gasteiger partial charge in [0, 0.05) is 44.6 Å². The molecule has 2 aliphatic heterocycles. The van der Waals surface area contributed by atoms with Gasteiger partial charge in [-0.2, -0.15) is 0 Å². The largest absolute Gasteiger partial charge is 0.350 e. The Bertz CT molecular complexity index is 550. The molecule has 22 heavy (non-hydrogen) atoms. The number of rotatable bonds is 3. The van der Waals surface area contributed by atoms with Crippen LogP contribution < -0.4 is 15.8 Å². The molecule has 6 heteroatoms. The topological polar surface area (TPSA) is 53.4 Å². The van der Waals surface area contributed by atoms with Crippen LogP contribution in [0.1, 0.15) is 25.7 Å². The molecule has 1 N–H and O–H groups in total. The molecule has 0 amide bonds. The first kappa shape index (κ1) is 15.5. The molecule has 0 bridgehead atoms. The zero-order valence-corrected chi connectivity index (χ0v) is 13.7. The van der Waals surface area contributed by atoms with Crippen molar-refractivity contribution in [1.29, 1.82) is 0 Å². The average Bonchev–Trinajstić information content (AvgIpc) is 2.53. The van der Waals surface area contributed by atoms with E-state index in [2.05, 4.69) is 27.1 Å². The fourth-order valence-corrected chi connectivity index (χ4v) is 3.52. The number of hydrogen-bond donors (Lipinski definition) is 1. The summed E-state index contributed by atoms with van der Waals surface area (Å²) in [6.45, 7) is 4.17. The lowest BCUT2D eigenvalue weighted by atomic mass is 10.0. The maximum Gasteiger partial charge on any atom is 0.293 e. The van der Waals surface area contributed by atoms with Gasteiger partial charge in [-0.05, 0) is 45.8 Å². The number of nitrogens with one attached hydrogen (secondary N) is 1. The fourth-order valence-electron chi connectivity index (χ4n) is 3.52. The van der Waals surface area contributed by atoms with E-state index in [1.165, 1.54) is 32.4 Å². The highest BCUT2D eigenvalue weighted by Gasteiger charge is 2.26. The molecule has 2 fully saturated rings. The second-order valence-corrected chi connectivity index (χ2v) is 6.70. The maximum absolute atomic E-state index is 12.2. The number of piperidine rings is 2. The summed E-state index contributed by atoms with van der Waals surface area (Å²) in [5, 5.41) is 3.81. The molecule has 3 heterocycles. The highest BCUT2D eigenvalue weighted by atomic mass is 16.1. The van der Waals surface area contributed by atoms with Gasteiger partial charge in [0.2, 0.25) is 0 Å². The first-order valence-electron chi connectivity index (χ1n) is 8.34. The summed E-state index contributed by atoms with van der Waals surface area (Å²) < 4.78 is 1.61. The van der Waals surface area contributed by atoms with Crippen molar-refractivity contribution in [2.75, 3.05) is 38.1 Å². The van der Waals surface area contributed by atoms with E-state index < -0.39 is 0 Å². The third-order valence-corrected chi connectivity index (χ3v) is 4.91. The van der Waals surface area contributed by atoms with Gasteiger partial charge in [0.1, 0.15) is 0 Å². The van der Waals surface area contributed by atoms with Gasteiger partial charge in [0.05, 0.1) is 0 Å². The van der Waals surface area contributed by atoms with Gasteiger partial charge < -0.3 is 19.7 Å². The number of anilines is 1. The zero-order chi connectivity index (χ0) is 15.5. The second kappa shape index (κ2) is 6.79. The van der Waals surface area contributed by atoms with E-state index in [-0.39, 0.29) is 5.56 Å². The third-order valence-electron chi connectivity index (χ3n) is 4.91. The molecule has 1 aromatic rings. The quantitative estimate of drug-likeness (QED) is 0.878. The molecule has 122 valence electrons. The van der Waals surface area contributed by atoms with Gasteiger partial charge in [0.25, 0.3) is 5.56 Å². The van der Waals surface area contributed by atoms with Crippen molar-refractivity contribution in [2.24, 2.45) is 7.05 Å². The average molecular weight is 305 g/mol. The number of hydrogen-bond acceptors (Lipinski definition) is 5. The van der Waals surface area contributed by atoms with Gasteiger partial charge in [0.15, 0.2) is 5.82 Å². The third kappa shape index (κ3) is 3.50. The monoisotopic (exact) mass is 305 g/mol. The summed E-state index contributed by atoms with van der Waals surface area (Å²) in [5.41, 5.74) is 0.00226. The van der Waals surface area contributed by atoms with Crippen molar-refractivity contribution in [3.05, 3.63) is 22.7 Å². The van der Waals surface area contributed by atoms with Gasteiger partial charge in [-0.25, -0.2) is 4.98 Å². The molecular formula is C16H27N5O. The highest BCUT2D eigenvalue weighted by Crippen LogP contribution is 2.17. The molecule has 1 aromatic heterocycles. The predicted octanol–water partition coefficient (Wildman–Crippen LogP) is 0.433. The van der Waals surface area contributed by atoms with Crippen LogP contribution >= 0.6 is 0 Å². The van der Waals surface area contributed by atoms with Gasteiger partial charge in [-0.15, -0.1) is 0 Å². The normalized spacial score (nSPS) is 24.6. The Morgan fingerprint density at radius 3 is 2.68 bits per heavy atom. The number of nitrogens with zero attached hydrogens (tertiary/aromatic N) is 4. The van der Waals surface area contributed by atoms with Crippen LogP contribution in [0.5, 0.6) is 0 Å². The molecule has 0 spiro atoms. The van der Waals surface area contributed by atoms with E-state index >= 15 is 0 Å². The van der Waals surface area contributed by atoms with E-state index in [1.54, 1.807) is 24.0 Å². The molecule has 3 rings (SSSR count). The number of likely N-dealkylation sites (tertiary alicyclic amines) is 1. The van der Waals surface area contributed by atoms with Crippen molar-refractivity contribution < 1.29 is 0 Å². The smallest absolute Gasteiger partial charge is 0.293 e. The summed E-state index contributed by atoms with van der Waals surface area (Å²) in [7, 11) is 3.97. The Labute approximate surface area is 132 Å². The highest BCUT2D eigenvalue weighted by molar-refractivity contribution is 5.36. The zero-order valence-electron chi connectivity index (χ0n) is 13.7. The van der Waals surface area contributed by atoms with Crippen LogP contribution in [0.2, 0.25) is 0 Å². The summed E-state index contributed by atoms with van der Waals surface area (Å²) in [4.78, 5) is 21.1. The number of aryl methyl sites for hydroxylation is 1. The lowest BCUT2D eigenvalue weighted by molar-refractivity contribution is 0.219. The summed E-state index contributed by atoms with van der Waals surface area (Å²) in [6.07, 6.45) is 8.17. The van der Waals surface area contributed by atoms with E-state index in [0.717, 1.165) is 19.5 Å². The molecular weight excluding hydrogens is 278 g/mol. The number of aromatic nitrogens is 2. The first-order valence-corrected chi connectivity index (χ1v) is 8.34. The second-order valence-electron chi connectivity index (χ2n) is 6.70. The van der Waals surface area contributed by atoms with Gasteiger partial charge in [-0.3, -0.25) is 4.79 Å². The van der Waals surface area contributed by atoms with E-state index in [9.17, 15) is 4.79 Å². The van der Waals surface area contributed by atoms with Crippen molar-refractivity contribution >= 4 is 5.82 Å². The minimum atomic E-state index is 0.00226. The van der Waals surface area contributed by atoms with Crippen molar-refractivity contribution in [1.82, 2.24) is 19.8 Å². The van der Waals surface area contributed by atoms with Crippen LogP contribution in [-0.2, 0) is 7.05 Å². The standard InChI is InChI=1S/C16H27N5O/c1-19-9-5-13(6-10-19)18-14-4-3-8-21(12-14)15-16(22)20(2)11-7-17-15/h7,11,13-14,18H,3-6,8-10,12H2,1-2H3/t14-/m1/s1. The van der Waals surface area contributed by atoms with Crippen molar-refractivity contribution in [3.8, 4) is 0 Å². The van der Waals surface area contributed by atoms with Gasteiger partial charge in [-0.1, -0.05) is 0 Å². The van der Waals surface area contributed by atoms with Crippen LogP contribution in [0.25, 0.3) is 0 Å². The predicted molar refractivity (Wildman–Crippen MR) is 88.4 cm³/mol. The molecule has 0 saturated carbocycles. The molecule has 2 saturated heterocycles. The summed E-state index contributed by atoms with van der Waals surface area (Å²) in [6, 6.07) is 1.08. The molecule has 1 atom stereocenters. The lowest BCUT2D eigenvalue weighted by Gasteiger charge is -2.37. The molecule has 0 aliphatic carbocycles. The van der Waals surface area contributed by atoms with Crippen molar-refractivity contribution in [2.45, 2.75) is 37.8 Å². The Morgan fingerprint density at radius 1 is 1.14 bits per heavy atom. The molecule has 0 unspecified atom stereocenters. The minimum absolute atomic E-state index is 0.00226. The molecule has 0 aromatic carbocycles. The molecule has 6 nitrogen and oxygen atoms in total.